The Labute approximate surface area is 137 Å². The third-order valence-electron chi connectivity index (χ3n) is 2.89. The van der Waals surface area contributed by atoms with Crippen molar-refractivity contribution in [1.82, 2.24) is 5.43 Å². The summed E-state index contributed by atoms with van der Waals surface area (Å²) in [7, 11) is 3.15. The molecule has 1 amide bonds. The second-order valence-electron chi connectivity index (χ2n) is 4.33. The van der Waals surface area contributed by atoms with Crippen LogP contribution in [-0.2, 0) is 0 Å². The zero-order chi connectivity index (χ0) is 15.9. The number of carbonyl (C=O) groups excluding carboxylic acids is 1. The first-order valence-electron chi connectivity index (χ1n) is 6.45. The predicted molar refractivity (Wildman–Crippen MR) is 88.7 cm³/mol. The van der Waals surface area contributed by atoms with Gasteiger partial charge in [-0.3, -0.25) is 4.79 Å². The van der Waals surface area contributed by atoms with Gasteiger partial charge in [0.25, 0.3) is 5.91 Å². The normalized spacial score (nSPS) is 10.5. The molecule has 0 aliphatic carbocycles. The van der Waals surface area contributed by atoms with Crippen molar-refractivity contribution >= 4 is 28.1 Å². The van der Waals surface area contributed by atoms with E-state index in [-0.39, 0.29) is 5.91 Å². The monoisotopic (exact) mass is 362 g/mol. The molecule has 114 valence electrons. The molecule has 0 bridgehead atoms. The lowest BCUT2D eigenvalue weighted by atomic mass is 10.2. The Balaban J connectivity index is 2.02. The molecule has 0 atom stereocenters. The van der Waals surface area contributed by atoms with Crippen molar-refractivity contribution in [1.29, 1.82) is 0 Å². The van der Waals surface area contributed by atoms with E-state index in [0.717, 1.165) is 15.8 Å². The van der Waals surface area contributed by atoms with Crippen LogP contribution in [0.1, 0.15) is 15.9 Å². The fraction of sp³-hybridized carbons (Fsp3) is 0.125. The number of halogens is 1. The van der Waals surface area contributed by atoms with Gasteiger partial charge in [-0.1, -0.05) is 6.07 Å². The van der Waals surface area contributed by atoms with Gasteiger partial charge in [-0.2, -0.15) is 5.10 Å². The molecule has 2 aromatic carbocycles. The van der Waals surface area contributed by atoms with Gasteiger partial charge in [-0.15, -0.1) is 0 Å². The maximum atomic E-state index is 12.0. The van der Waals surface area contributed by atoms with Gasteiger partial charge in [-0.05, 0) is 57.9 Å². The molecule has 0 saturated carbocycles. The molecule has 0 fully saturated rings. The third-order valence-corrected chi connectivity index (χ3v) is 3.51. The number of carbonyl (C=O) groups is 1. The quantitative estimate of drug-likeness (QED) is 0.656. The zero-order valence-corrected chi connectivity index (χ0v) is 13.8. The number of ether oxygens (including phenoxy) is 2. The molecule has 0 saturated heterocycles. The highest BCUT2D eigenvalue weighted by atomic mass is 79.9. The van der Waals surface area contributed by atoms with Gasteiger partial charge < -0.3 is 9.47 Å². The second-order valence-corrected chi connectivity index (χ2v) is 5.18. The first kappa shape index (κ1) is 16.0. The third kappa shape index (κ3) is 4.08. The van der Waals surface area contributed by atoms with Crippen LogP contribution in [0, 0.1) is 0 Å². The highest BCUT2D eigenvalue weighted by molar-refractivity contribution is 9.10. The zero-order valence-electron chi connectivity index (χ0n) is 12.2. The summed E-state index contributed by atoms with van der Waals surface area (Å²) in [4.78, 5) is 12.0. The van der Waals surface area contributed by atoms with E-state index in [9.17, 15) is 4.79 Å². The van der Waals surface area contributed by atoms with Gasteiger partial charge in [-0.25, -0.2) is 5.43 Å². The highest BCUT2D eigenvalue weighted by Crippen LogP contribution is 2.24. The van der Waals surface area contributed by atoms with Crippen LogP contribution in [0.25, 0.3) is 0 Å². The van der Waals surface area contributed by atoms with Crippen molar-refractivity contribution in [2.45, 2.75) is 0 Å². The number of methoxy groups -OCH3 is 2. The molecule has 0 radical (unpaired) electrons. The minimum absolute atomic E-state index is 0.303. The minimum Gasteiger partial charge on any atom is -0.497 e. The number of amides is 1. The molecule has 5 nitrogen and oxygen atoms in total. The number of nitrogens with one attached hydrogen (secondary N) is 1. The van der Waals surface area contributed by atoms with Gasteiger partial charge in [0.05, 0.1) is 24.9 Å². The predicted octanol–water partition coefficient (Wildman–Crippen LogP) is 3.23. The smallest absolute Gasteiger partial charge is 0.271 e. The number of nitrogens with zero attached hydrogens (tertiary/aromatic N) is 1. The molecule has 1 N–H and O–H groups in total. The summed E-state index contributed by atoms with van der Waals surface area (Å²) in [6.07, 6.45) is 1.56. The Morgan fingerprint density at radius 3 is 2.68 bits per heavy atom. The molecule has 2 aromatic rings. The van der Waals surface area contributed by atoms with Gasteiger partial charge >= 0.3 is 0 Å². The summed E-state index contributed by atoms with van der Waals surface area (Å²) in [5.74, 6) is 1.05. The van der Waals surface area contributed by atoms with E-state index in [4.69, 9.17) is 9.47 Å². The maximum absolute atomic E-state index is 12.0. The van der Waals surface area contributed by atoms with Crippen LogP contribution in [0.5, 0.6) is 11.5 Å². The summed E-state index contributed by atoms with van der Waals surface area (Å²) >= 11 is 3.39. The van der Waals surface area contributed by atoms with Crippen molar-refractivity contribution in [3.05, 3.63) is 58.1 Å². The second kappa shape index (κ2) is 7.61. The summed E-state index contributed by atoms with van der Waals surface area (Å²) in [5.41, 5.74) is 3.79. The largest absolute Gasteiger partial charge is 0.497 e. The first-order chi connectivity index (χ1) is 10.6. The molecule has 2 rings (SSSR count). The van der Waals surface area contributed by atoms with Crippen LogP contribution in [0.3, 0.4) is 0 Å². The summed E-state index contributed by atoms with van der Waals surface area (Å²) in [5, 5.41) is 3.94. The van der Waals surface area contributed by atoms with E-state index in [1.165, 1.54) is 0 Å². The van der Waals surface area contributed by atoms with E-state index in [1.54, 1.807) is 44.7 Å². The summed E-state index contributed by atoms with van der Waals surface area (Å²) < 4.78 is 11.0. The van der Waals surface area contributed by atoms with Gasteiger partial charge in [0.15, 0.2) is 0 Å². The van der Waals surface area contributed by atoms with Crippen molar-refractivity contribution in [3.8, 4) is 11.5 Å². The van der Waals surface area contributed by atoms with Crippen LogP contribution in [0.4, 0.5) is 0 Å². The molecule has 0 aliphatic heterocycles. The molecule has 0 unspecified atom stereocenters. The van der Waals surface area contributed by atoms with E-state index in [2.05, 4.69) is 26.5 Å². The van der Waals surface area contributed by atoms with Crippen molar-refractivity contribution in [2.75, 3.05) is 14.2 Å². The summed E-state index contributed by atoms with van der Waals surface area (Å²) in [6, 6.07) is 12.4. The lowest BCUT2D eigenvalue weighted by Gasteiger charge is -2.04. The lowest BCUT2D eigenvalue weighted by molar-refractivity contribution is 0.0955. The Morgan fingerprint density at radius 2 is 2.00 bits per heavy atom. The van der Waals surface area contributed by atoms with Crippen LogP contribution >= 0.6 is 15.9 Å². The molecule has 0 spiro atoms. The van der Waals surface area contributed by atoms with E-state index < -0.39 is 0 Å². The van der Waals surface area contributed by atoms with Crippen molar-refractivity contribution in [3.63, 3.8) is 0 Å². The average Bonchev–Trinajstić information content (AvgIpc) is 2.55. The van der Waals surface area contributed by atoms with Crippen LogP contribution in [0.2, 0.25) is 0 Å². The Bertz CT molecular complexity index is 702. The number of rotatable bonds is 5. The molecule has 0 aliphatic rings. The molecular formula is C16H15BrN2O3. The number of hydrogen-bond donors (Lipinski definition) is 1. The molecule has 0 heterocycles. The minimum atomic E-state index is -0.303. The molecular weight excluding hydrogens is 348 g/mol. The standard InChI is InChI=1S/C16H15BrN2O3/c1-21-13-5-3-4-12(9-13)16(20)19-18-10-11-6-7-15(22-2)14(17)8-11/h3-10H,1-2H3,(H,19,20)/b18-10+. The van der Waals surface area contributed by atoms with Crippen molar-refractivity contribution < 1.29 is 14.3 Å². The van der Waals surface area contributed by atoms with Crippen LogP contribution in [0.15, 0.2) is 52.0 Å². The Morgan fingerprint density at radius 1 is 1.18 bits per heavy atom. The summed E-state index contributed by atoms with van der Waals surface area (Å²) in [6.45, 7) is 0. The molecule has 0 aromatic heterocycles. The van der Waals surface area contributed by atoms with E-state index >= 15 is 0 Å². The van der Waals surface area contributed by atoms with Gasteiger partial charge in [0, 0.05) is 5.56 Å². The van der Waals surface area contributed by atoms with Gasteiger partial charge in [0.1, 0.15) is 11.5 Å². The topological polar surface area (TPSA) is 59.9 Å². The SMILES string of the molecule is COc1cccc(C(=O)N/N=C/c2ccc(OC)c(Br)c2)c1. The van der Waals surface area contributed by atoms with Crippen LogP contribution < -0.4 is 14.9 Å². The molecule has 6 heteroatoms. The van der Waals surface area contributed by atoms with E-state index in [0.29, 0.717) is 11.3 Å². The fourth-order valence-corrected chi connectivity index (χ4v) is 2.32. The van der Waals surface area contributed by atoms with Crippen LogP contribution in [-0.4, -0.2) is 26.3 Å². The average molecular weight is 363 g/mol. The Kier molecular flexibility index (Phi) is 5.55. The molecule has 22 heavy (non-hydrogen) atoms. The number of benzene rings is 2. The van der Waals surface area contributed by atoms with Crippen molar-refractivity contribution in [2.24, 2.45) is 5.10 Å². The van der Waals surface area contributed by atoms with Gasteiger partial charge in [0.2, 0.25) is 0 Å². The number of hydrazone groups is 1. The maximum Gasteiger partial charge on any atom is 0.271 e. The Hall–Kier alpha value is -2.34. The van der Waals surface area contributed by atoms with E-state index in [1.807, 2.05) is 18.2 Å². The first-order valence-corrected chi connectivity index (χ1v) is 7.24. The lowest BCUT2D eigenvalue weighted by Crippen LogP contribution is -2.17. The highest BCUT2D eigenvalue weighted by Gasteiger charge is 2.05. The number of hydrogen-bond acceptors (Lipinski definition) is 4. The fourth-order valence-electron chi connectivity index (χ4n) is 1.76.